The Morgan fingerprint density at radius 2 is 1.82 bits per heavy atom. The zero-order chi connectivity index (χ0) is 9.12. The number of hydrogen-bond acceptors (Lipinski definition) is 2. The first-order valence-corrected chi connectivity index (χ1v) is 3.09. The van der Waals surface area contributed by atoms with Crippen LogP contribution in [0.3, 0.4) is 0 Å². The molecule has 0 amide bonds. The molecule has 0 aromatic carbocycles. The third-order valence-electron chi connectivity index (χ3n) is 1.40. The van der Waals surface area contributed by atoms with Crippen molar-refractivity contribution < 1.29 is 23.0 Å². The fourth-order valence-electron chi connectivity index (χ4n) is 0.443. The van der Waals surface area contributed by atoms with Gasteiger partial charge in [0.05, 0.1) is 0 Å². The van der Waals surface area contributed by atoms with Crippen LogP contribution in [0.1, 0.15) is 13.3 Å². The molecule has 0 aromatic heterocycles. The first-order chi connectivity index (χ1) is 4.81. The third kappa shape index (κ3) is 3.07. The number of methoxy groups -OCH3 is 1. The van der Waals surface area contributed by atoms with Crippen molar-refractivity contribution in [2.75, 3.05) is 13.7 Å². The molecule has 0 aliphatic rings. The van der Waals surface area contributed by atoms with Crippen LogP contribution in [0.5, 0.6) is 0 Å². The molecule has 0 aliphatic carbocycles. The summed E-state index contributed by atoms with van der Waals surface area (Å²) in [6.45, 7) is 0.624. The molecule has 0 radical (unpaired) electrons. The van der Waals surface area contributed by atoms with E-state index in [0.29, 0.717) is 0 Å². The van der Waals surface area contributed by atoms with Gasteiger partial charge >= 0.3 is 6.18 Å². The van der Waals surface area contributed by atoms with E-state index < -0.39 is 18.2 Å². The monoisotopic (exact) mass is 172 g/mol. The number of halogens is 3. The Bertz CT molecular complexity index is 119. The van der Waals surface area contributed by atoms with Gasteiger partial charge in [-0.3, -0.25) is 0 Å². The zero-order valence-electron chi connectivity index (χ0n) is 6.40. The molecular formula is C6H11F3O2. The van der Waals surface area contributed by atoms with Gasteiger partial charge in [-0.2, -0.15) is 13.2 Å². The Morgan fingerprint density at radius 1 is 1.36 bits per heavy atom. The number of alkyl halides is 3. The van der Waals surface area contributed by atoms with Crippen molar-refractivity contribution in [3.63, 3.8) is 0 Å². The molecule has 0 unspecified atom stereocenters. The lowest BCUT2D eigenvalue weighted by molar-refractivity contribution is -0.257. The molecule has 11 heavy (non-hydrogen) atoms. The van der Waals surface area contributed by atoms with Crippen LogP contribution in [0, 0.1) is 0 Å². The van der Waals surface area contributed by atoms with E-state index in [0.717, 1.165) is 6.92 Å². The summed E-state index contributed by atoms with van der Waals surface area (Å²) in [5.41, 5.74) is -2.64. The standard InChI is InChI=1S/C6H11F3O2/c1-5(10,3-4-11-2)6(7,8)9/h10H,3-4H2,1-2H3/t5-/m0/s1. The van der Waals surface area contributed by atoms with Crippen molar-refractivity contribution in [2.45, 2.75) is 25.1 Å². The lowest BCUT2D eigenvalue weighted by atomic mass is 10.0. The molecule has 0 heterocycles. The van der Waals surface area contributed by atoms with Gasteiger partial charge in [-0.05, 0) is 6.92 Å². The molecule has 0 aromatic rings. The summed E-state index contributed by atoms with van der Waals surface area (Å²) in [6.07, 6.45) is -5.02. The van der Waals surface area contributed by atoms with E-state index in [2.05, 4.69) is 4.74 Å². The van der Waals surface area contributed by atoms with Gasteiger partial charge < -0.3 is 9.84 Å². The second-order valence-corrected chi connectivity index (χ2v) is 2.51. The smallest absolute Gasteiger partial charge is 0.385 e. The van der Waals surface area contributed by atoms with Gasteiger partial charge in [-0.1, -0.05) is 0 Å². The first kappa shape index (κ1) is 10.7. The summed E-state index contributed by atoms with van der Waals surface area (Å²) in [5.74, 6) is 0. The Labute approximate surface area is 63.0 Å². The second kappa shape index (κ2) is 3.40. The minimum atomic E-state index is -4.58. The van der Waals surface area contributed by atoms with Crippen LogP contribution in [0.2, 0.25) is 0 Å². The van der Waals surface area contributed by atoms with Crippen LogP contribution in [0.15, 0.2) is 0 Å². The van der Waals surface area contributed by atoms with Gasteiger partial charge in [-0.25, -0.2) is 0 Å². The molecule has 5 heteroatoms. The van der Waals surface area contributed by atoms with Gasteiger partial charge in [-0.15, -0.1) is 0 Å². The summed E-state index contributed by atoms with van der Waals surface area (Å²) in [7, 11) is 1.28. The first-order valence-electron chi connectivity index (χ1n) is 3.09. The van der Waals surface area contributed by atoms with Gasteiger partial charge in [0.15, 0.2) is 5.60 Å². The predicted octanol–water partition coefficient (Wildman–Crippen LogP) is 1.34. The lowest BCUT2D eigenvalue weighted by Crippen LogP contribution is -2.42. The largest absolute Gasteiger partial charge is 0.416 e. The minimum Gasteiger partial charge on any atom is -0.385 e. The second-order valence-electron chi connectivity index (χ2n) is 2.51. The van der Waals surface area contributed by atoms with Gasteiger partial charge in [0.25, 0.3) is 0 Å². The van der Waals surface area contributed by atoms with E-state index in [9.17, 15) is 13.2 Å². The molecule has 0 bridgehead atoms. The summed E-state index contributed by atoms with van der Waals surface area (Å²) in [5, 5.41) is 8.78. The predicted molar refractivity (Wildman–Crippen MR) is 33.2 cm³/mol. The molecule has 0 saturated carbocycles. The van der Waals surface area contributed by atoms with E-state index in [1.54, 1.807) is 0 Å². The molecule has 0 saturated heterocycles. The highest BCUT2D eigenvalue weighted by Crippen LogP contribution is 2.32. The van der Waals surface area contributed by atoms with Crippen molar-refractivity contribution in [3.05, 3.63) is 0 Å². The topological polar surface area (TPSA) is 29.5 Å². The minimum absolute atomic E-state index is 0.105. The Balaban J connectivity index is 4.00. The van der Waals surface area contributed by atoms with E-state index >= 15 is 0 Å². The van der Waals surface area contributed by atoms with Gasteiger partial charge in [0.2, 0.25) is 0 Å². The van der Waals surface area contributed by atoms with Crippen LogP contribution < -0.4 is 0 Å². The zero-order valence-corrected chi connectivity index (χ0v) is 6.40. The molecule has 0 rings (SSSR count). The maximum atomic E-state index is 11.9. The quantitative estimate of drug-likeness (QED) is 0.696. The van der Waals surface area contributed by atoms with E-state index in [4.69, 9.17) is 5.11 Å². The van der Waals surface area contributed by atoms with Crippen molar-refractivity contribution in [1.29, 1.82) is 0 Å². The molecule has 68 valence electrons. The number of rotatable bonds is 3. The number of ether oxygens (including phenoxy) is 1. The summed E-state index contributed by atoms with van der Waals surface area (Å²) in [6, 6.07) is 0. The highest BCUT2D eigenvalue weighted by Gasteiger charge is 2.49. The average molecular weight is 172 g/mol. The molecular weight excluding hydrogens is 161 g/mol. The van der Waals surface area contributed by atoms with Crippen LogP contribution in [-0.2, 0) is 4.74 Å². The Hall–Kier alpha value is -0.290. The van der Waals surface area contributed by atoms with E-state index in [1.165, 1.54) is 7.11 Å². The van der Waals surface area contributed by atoms with Crippen LogP contribution in [0.25, 0.3) is 0 Å². The SMILES string of the molecule is COCC[C@](C)(O)C(F)(F)F. The highest BCUT2D eigenvalue weighted by atomic mass is 19.4. The third-order valence-corrected chi connectivity index (χ3v) is 1.40. The average Bonchev–Trinajstić information content (AvgIpc) is 1.81. The fourth-order valence-corrected chi connectivity index (χ4v) is 0.443. The summed E-state index contributed by atoms with van der Waals surface area (Å²) in [4.78, 5) is 0. The maximum absolute atomic E-state index is 11.9. The molecule has 1 atom stereocenters. The summed E-state index contributed by atoms with van der Waals surface area (Å²) >= 11 is 0. The van der Waals surface area contributed by atoms with Crippen LogP contribution >= 0.6 is 0 Å². The van der Waals surface area contributed by atoms with Crippen molar-refractivity contribution in [1.82, 2.24) is 0 Å². The molecule has 0 spiro atoms. The van der Waals surface area contributed by atoms with Crippen molar-refractivity contribution >= 4 is 0 Å². The van der Waals surface area contributed by atoms with E-state index in [1.807, 2.05) is 0 Å². The highest BCUT2D eigenvalue weighted by molar-refractivity contribution is 4.80. The van der Waals surface area contributed by atoms with Crippen LogP contribution in [-0.4, -0.2) is 30.6 Å². The van der Waals surface area contributed by atoms with Crippen molar-refractivity contribution in [3.8, 4) is 0 Å². The summed E-state index contributed by atoms with van der Waals surface area (Å²) < 4.78 is 40.0. The lowest BCUT2D eigenvalue weighted by Gasteiger charge is -2.25. The fraction of sp³-hybridized carbons (Fsp3) is 1.00. The Kier molecular flexibility index (Phi) is 3.31. The number of aliphatic hydroxyl groups is 1. The Morgan fingerprint density at radius 3 is 2.09 bits per heavy atom. The van der Waals surface area contributed by atoms with Gasteiger partial charge in [0.1, 0.15) is 0 Å². The molecule has 1 N–H and O–H groups in total. The molecule has 0 fully saturated rings. The number of hydrogen-bond donors (Lipinski definition) is 1. The normalized spacial score (nSPS) is 18.0. The van der Waals surface area contributed by atoms with Gasteiger partial charge in [0, 0.05) is 20.1 Å². The molecule has 2 nitrogen and oxygen atoms in total. The van der Waals surface area contributed by atoms with E-state index in [-0.39, 0.29) is 6.61 Å². The van der Waals surface area contributed by atoms with Crippen molar-refractivity contribution in [2.24, 2.45) is 0 Å². The molecule has 0 aliphatic heterocycles. The van der Waals surface area contributed by atoms with Crippen LogP contribution in [0.4, 0.5) is 13.2 Å². The maximum Gasteiger partial charge on any atom is 0.416 e.